The van der Waals surface area contributed by atoms with Crippen molar-refractivity contribution >= 4 is 17.2 Å². The molecule has 1 N–H and O–H groups in total. The summed E-state index contributed by atoms with van der Waals surface area (Å²) in [4.78, 5) is 17.3. The molecule has 1 amide bonds. The molecule has 154 valence electrons. The quantitative estimate of drug-likeness (QED) is 0.477. The average Bonchev–Trinajstić information content (AvgIpc) is 3.47. The lowest BCUT2D eigenvalue weighted by Gasteiger charge is -2.05. The number of amides is 1. The molecule has 8 nitrogen and oxygen atoms in total. The molecule has 0 bridgehead atoms. The number of carbonyl (C=O) groups excluding carboxylic acids is 1. The van der Waals surface area contributed by atoms with Crippen LogP contribution in [0.3, 0.4) is 0 Å². The molecule has 0 saturated carbocycles. The number of halogens is 1. The maximum atomic E-state index is 13.2. The molecule has 9 heteroatoms. The molecule has 5 aromatic rings. The fourth-order valence-corrected chi connectivity index (χ4v) is 3.42. The molecule has 4 heterocycles. The van der Waals surface area contributed by atoms with Crippen molar-refractivity contribution in [3.8, 4) is 5.69 Å². The van der Waals surface area contributed by atoms with E-state index in [1.807, 2.05) is 35.0 Å². The number of anilines is 1. The number of fused-ring (bicyclic) bond motifs is 1. The zero-order valence-corrected chi connectivity index (χ0v) is 16.6. The first-order valence-electron chi connectivity index (χ1n) is 9.64. The zero-order chi connectivity index (χ0) is 21.4. The summed E-state index contributed by atoms with van der Waals surface area (Å²) in [5.41, 5.74) is 4.06. The maximum absolute atomic E-state index is 13.2. The Kier molecular flexibility index (Phi) is 4.55. The van der Waals surface area contributed by atoms with Crippen LogP contribution >= 0.6 is 0 Å². The molecule has 0 atom stereocenters. The van der Waals surface area contributed by atoms with Crippen molar-refractivity contribution in [2.75, 3.05) is 5.32 Å². The standard InChI is InChI=1S/C22H18FN7O/c1-15-20(11-25-30(15)19-7-5-16(23)6-8-19)22(31)27-17-10-24-29(13-17)14-18-12-28-9-3-2-4-21(28)26-18/h2-13H,14H2,1H3,(H,27,31). The normalized spacial score (nSPS) is 11.2. The molecule has 0 unspecified atom stereocenters. The van der Waals surface area contributed by atoms with Gasteiger partial charge in [0.05, 0.1) is 47.3 Å². The smallest absolute Gasteiger partial charge is 0.259 e. The molecular formula is C22H18FN7O. The van der Waals surface area contributed by atoms with Gasteiger partial charge in [0.15, 0.2) is 0 Å². The van der Waals surface area contributed by atoms with Gasteiger partial charge in [0.2, 0.25) is 0 Å². The van der Waals surface area contributed by atoms with E-state index in [1.54, 1.807) is 40.8 Å². The van der Waals surface area contributed by atoms with E-state index in [-0.39, 0.29) is 11.7 Å². The van der Waals surface area contributed by atoms with Gasteiger partial charge in [-0.05, 0) is 43.3 Å². The number of nitrogens with zero attached hydrogens (tertiary/aromatic N) is 6. The number of aromatic nitrogens is 6. The predicted octanol–water partition coefficient (Wildman–Crippen LogP) is 3.46. The van der Waals surface area contributed by atoms with E-state index in [0.717, 1.165) is 11.3 Å². The molecule has 0 aliphatic carbocycles. The number of carbonyl (C=O) groups is 1. The summed E-state index contributed by atoms with van der Waals surface area (Å²) in [6.07, 6.45) is 8.72. The van der Waals surface area contributed by atoms with Gasteiger partial charge in [-0.25, -0.2) is 14.1 Å². The average molecular weight is 415 g/mol. The minimum absolute atomic E-state index is 0.293. The van der Waals surface area contributed by atoms with Crippen LogP contribution in [-0.4, -0.2) is 34.9 Å². The summed E-state index contributed by atoms with van der Waals surface area (Å²) >= 11 is 0. The molecule has 0 spiro atoms. The second-order valence-corrected chi connectivity index (χ2v) is 7.11. The molecule has 0 radical (unpaired) electrons. The van der Waals surface area contributed by atoms with Crippen LogP contribution in [-0.2, 0) is 6.54 Å². The van der Waals surface area contributed by atoms with E-state index < -0.39 is 0 Å². The van der Waals surface area contributed by atoms with E-state index in [9.17, 15) is 9.18 Å². The van der Waals surface area contributed by atoms with Crippen LogP contribution in [0.5, 0.6) is 0 Å². The van der Waals surface area contributed by atoms with Gasteiger partial charge in [-0.15, -0.1) is 0 Å². The van der Waals surface area contributed by atoms with Gasteiger partial charge in [0, 0.05) is 18.6 Å². The lowest BCUT2D eigenvalue weighted by Crippen LogP contribution is -2.12. The van der Waals surface area contributed by atoms with Crippen molar-refractivity contribution in [2.24, 2.45) is 0 Å². The highest BCUT2D eigenvalue weighted by molar-refractivity contribution is 6.04. The summed E-state index contributed by atoms with van der Waals surface area (Å²) in [5.74, 6) is -0.620. The number of hydrogen-bond donors (Lipinski definition) is 1. The lowest BCUT2D eigenvalue weighted by molar-refractivity contribution is 0.102. The zero-order valence-electron chi connectivity index (χ0n) is 16.6. The van der Waals surface area contributed by atoms with Gasteiger partial charge in [-0.3, -0.25) is 9.48 Å². The third-order valence-electron chi connectivity index (χ3n) is 4.95. The lowest BCUT2D eigenvalue weighted by atomic mass is 10.2. The van der Waals surface area contributed by atoms with Crippen LogP contribution < -0.4 is 5.32 Å². The Morgan fingerprint density at radius 1 is 1.06 bits per heavy atom. The first-order chi connectivity index (χ1) is 15.1. The molecule has 5 rings (SSSR count). The highest BCUT2D eigenvalue weighted by Gasteiger charge is 2.16. The van der Waals surface area contributed by atoms with Crippen molar-refractivity contribution in [3.63, 3.8) is 0 Å². The van der Waals surface area contributed by atoms with Gasteiger partial charge < -0.3 is 9.72 Å². The summed E-state index contributed by atoms with van der Waals surface area (Å²) in [6.45, 7) is 2.27. The fraction of sp³-hybridized carbons (Fsp3) is 0.0909. The minimum Gasteiger partial charge on any atom is -0.319 e. The van der Waals surface area contributed by atoms with Crippen molar-refractivity contribution < 1.29 is 9.18 Å². The Hall–Kier alpha value is -4.27. The van der Waals surface area contributed by atoms with Crippen LogP contribution in [0.1, 0.15) is 21.7 Å². The Morgan fingerprint density at radius 3 is 2.71 bits per heavy atom. The molecule has 0 fully saturated rings. The van der Waals surface area contributed by atoms with Gasteiger partial charge in [0.25, 0.3) is 5.91 Å². The third kappa shape index (κ3) is 3.68. The Morgan fingerprint density at radius 2 is 1.90 bits per heavy atom. The summed E-state index contributed by atoms with van der Waals surface area (Å²) in [6, 6.07) is 11.8. The topological polar surface area (TPSA) is 82.0 Å². The SMILES string of the molecule is Cc1c(C(=O)Nc2cnn(Cc3cn4ccccc4n3)c2)cnn1-c1ccc(F)cc1. The predicted molar refractivity (Wildman–Crippen MR) is 113 cm³/mol. The Balaban J connectivity index is 1.30. The van der Waals surface area contributed by atoms with Crippen LogP contribution in [0.25, 0.3) is 11.3 Å². The van der Waals surface area contributed by atoms with Crippen LogP contribution in [0.15, 0.2) is 73.4 Å². The summed E-state index contributed by atoms with van der Waals surface area (Å²) < 4.78 is 18.4. The number of benzene rings is 1. The van der Waals surface area contributed by atoms with E-state index in [2.05, 4.69) is 20.5 Å². The van der Waals surface area contributed by atoms with Crippen molar-refractivity contribution in [1.29, 1.82) is 0 Å². The van der Waals surface area contributed by atoms with E-state index in [1.165, 1.54) is 18.3 Å². The van der Waals surface area contributed by atoms with Crippen molar-refractivity contribution in [1.82, 2.24) is 28.9 Å². The highest BCUT2D eigenvalue weighted by Crippen LogP contribution is 2.17. The molecule has 1 aromatic carbocycles. The number of rotatable bonds is 5. The minimum atomic E-state index is -0.327. The van der Waals surface area contributed by atoms with Gasteiger partial charge in [-0.1, -0.05) is 6.07 Å². The van der Waals surface area contributed by atoms with E-state index >= 15 is 0 Å². The monoisotopic (exact) mass is 415 g/mol. The highest BCUT2D eigenvalue weighted by atomic mass is 19.1. The number of nitrogens with one attached hydrogen (secondary N) is 1. The van der Waals surface area contributed by atoms with Crippen LogP contribution in [0.2, 0.25) is 0 Å². The van der Waals surface area contributed by atoms with Gasteiger partial charge >= 0.3 is 0 Å². The first-order valence-corrected chi connectivity index (χ1v) is 9.64. The third-order valence-corrected chi connectivity index (χ3v) is 4.95. The first kappa shape index (κ1) is 18.7. The molecule has 0 aliphatic rings. The second kappa shape index (κ2) is 7.52. The maximum Gasteiger partial charge on any atom is 0.259 e. The van der Waals surface area contributed by atoms with Crippen molar-refractivity contribution in [2.45, 2.75) is 13.5 Å². The summed E-state index contributed by atoms with van der Waals surface area (Å²) in [5, 5.41) is 11.4. The van der Waals surface area contributed by atoms with Gasteiger partial charge in [0.1, 0.15) is 11.5 Å². The van der Waals surface area contributed by atoms with Gasteiger partial charge in [-0.2, -0.15) is 10.2 Å². The molecule has 31 heavy (non-hydrogen) atoms. The molecule has 4 aromatic heterocycles. The number of imidazole rings is 1. The van der Waals surface area contributed by atoms with E-state index in [0.29, 0.717) is 29.2 Å². The second-order valence-electron chi connectivity index (χ2n) is 7.11. The number of pyridine rings is 1. The summed E-state index contributed by atoms with van der Waals surface area (Å²) in [7, 11) is 0. The number of hydrogen-bond acceptors (Lipinski definition) is 4. The van der Waals surface area contributed by atoms with Crippen LogP contribution in [0, 0.1) is 12.7 Å². The molecule has 0 saturated heterocycles. The molecule has 0 aliphatic heterocycles. The van der Waals surface area contributed by atoms with Crippen LogP contribution in [0.4, 0.5) is 10.1 Å². The van der Waals surface area contributed by atoms with E-state index in [4.69, 9.17) is 0 Å². The van der Waals surface area contributed by atoms with Crippen molar-refractivity contribution in [3.05, 3.63) is 96.2 Å². The Bertz CT molecular complexity index is 1350. The fourth-order valence-electron chi connectivity index (χ4n) is 3.42. The Labute approximate surface area is 176 Å². The molecular weight excluding hydrogens is 397 g/mol. The largest absolute Gasteiger partial charge is 0.319 e.